The van der Waals surface area contributed by atoms with Crippen LogP contribution in [-0.2, 0) is 4.79 Å². The fourth-order valence-electron chi connectivity index (χ4n) is 1.99. The average Bonchev–Trinajstić information content (AvgIpc) is 2.44. The molecule has 3 rings (SSSR count). The first kappa shape index (κ1) is 11.0. The van der Waals surface area contributed by atoms with Crippen LogP contribution >= 0.6 is 11.8 Å². The van der Waals surface area contributed by atoms with Crippen molar-refractivity contribution in [2.24, 2.45) is 0 Å². The molecule has 2 aromatic carbocycles. The standard InChI is InChI=1S/C14H9NO2S/c16-8-10-5-6-12-14(7-10)18-13-4-2-1-3-11(13)15(12)9-17/h1-9H. The molecular weight excluding hydrogens is 246 g/mol. The Morgan fingerprint density at radius 1 is 0.944 bits per heavy atom. The Balaban J connectivity index is 2.19. The molecule has 0 unspecified atom stereocenters. The zero-order valence-electron chi connectivity index (χ0n) is 9.37. The van der Waals surface area contributed by atoms with Gasteiger partial charge in [-0.25, -0.2) is 0 Å². The molecule has 0 bridgehead atoms. The quantitative estimate of drug-likeness (QED) is 0.773. The number of para-hydroxylation sites is 1. The minimum Gasteiger partial charge on any atom is -0.298 e. The van der Waals surface area contributed by atoms with Crippen LogP contribution in [0.3, 0.4) is 0 Å². The van der Waals surface area contributed by atoms with Gasteiger partial charge in [0.25, 0.3) is 0 Å². The van der Waals surface area contributed by atoms with E-state index < -0.39 is 0 Å². The lowest BCUT2D eigenvalue weighted by Gasteiger charge is -2.27. The number of hydrogen-bond donors (Lipinski definition) is 0. The number of amides is 1. The summed E-state index contributed by atoms with van der Waals surface area (Å²) >= 11 is 1.57. The molecule has 2 aromatic rings. The number of anilines is 2. The maximum Gasteiger partial charge on any atom is 0.218 e. The van der Waals surface area contributed by atoms with Gasteiger partial charge in [0.15, 0.2) is 0 Å². The molecule has 0 N–H and O–H groups in total. The molecule has 18 heavy (non-hydrogen) atoms. The maximum atomic E-state index is 11.3. The summed E-state index contributed by atoms with van der Waals surface area (Å²) in [6.07, 6.45) is 1.62. The zero-order chi connectivity index (χ0) is 12.5. The molecule has 0 aliphatic carbocycles. The molecule has 0 fully saturated rings. The Morgan fingerprint density at radius 3 is 2.50 bits per heavy atom. The summed E-state index contributed by atoms with van der Waals surface area (Å²) in [4.78, 5) is 25.6. The highest BCUT2D eigenvalue weighted by molar-refractivity contribution is 7.99. The molecule has 88 valence electrons. The van der Waals surface area contributed by atoms with Gasteiger partial charge in [-0.15, -0.1) is 0 Å². The third kappa shape index (κ3) is 1.62. The van der Waals surface area contributed by atoms with Crippen molar-refractivity contribution in [1.29, 1.82) is 0 Å². The van der Waals surface area contributed by atoms with E-state index in [1.165, 1.54) is 0 Å². The Labute approximate surface area is 108 Å². The van der Waals surface area contributed by atoms with Gasteiger partial charge in [0, 0.05) is 15.4 Å². The normalized spacial score (nSPS) is 12.6. The van der Waals surface area contributed by atoms with Gasteiger partial charge in [-0.3, -0.25) is 14.5 Å². The molecule has 0 saturated carbocycles. The van der Waals surface area contributed by atoms with Crippen LogP contribution in [0.15, 0.2) is 52.3 Å². The zero-order valence-corrected chi connectivity index (χ0v) is 10.2. The summed E-state index contributed by atoms with van der Waals surface area (Å²) in [6, 6.07) is 13.0. The lowest BCUT2D eigenvalue weighted by Crippen LogP contribution is -2.18. The lowest BCUT2D eigenvalue weighted by atomic mass is 10.2. The second kappa shape index (κ2) is 4.31. The highest BCUT2D eigenvalue weighted by Gasteiger charge is 2.22. The minimum atomic E-state index is 0.617. The molecule has 1 aliphatic heterocycles. The average molecular weight is 255 g/mol. The van der Waals surface area contributed by atoms with Crippen LogP contribution in [0.4, 0.5) is 11.4 Å². The third-order valence-electron chi connectivity index (χ3n) is 2.83. The molecule has 0 aromatic heterocycles. The van der Waals surface area contributed by atoms with E-state index in [0.717, 1.165) is 33.9 Å². The van der Waals surface area contributed by atoms with E-state index in [-0.39, 0.29) is 0 Å². The van der Waals surface area contributed by atoms with Crippen LogP contribution < -0.4 is 4.90 Å². The summed E-state index contributed by atoms with van der Waals surface area (Å²) in [6.45, 7) is 0. The summed E-state index contributed by atoms with van der Waals surface area (Å²) in [7, 11) is 0. The fourth-order valence-corrected chi connectivity index (χ4v) is 3.11. The van der Waals surface area contributed by atoms with Crippen molar-refractivity contribution < 1.29 is 9.59 Å². The van der Waals surface area contributed by atoms with Gasteiger partial charge in [0.1, 0.15) is 6.29 Å². The van der Waals surface area contributed by atoms with Gasteiger partial charge in [-0.2, -0.15) is 0 Å². The Hall–Kier alpha value is -2.07. The van der Waals surface area contributed by atoms with Gasteiger partial charge >= 0.3 is 0 Å². The van der Waals surface area contributed by atoms with Gasteiger partial charge in [-0.1, -0.05) is 23.9 Å². The van der Waals surface area contributed by atoms with E-state index in [4.69, 9.17) is 0 Å². The lowest BCUT2D eigenvalue weighted by molar-refractivity contribution is -0.106. The predicted molar refractivity (Wildman–Crippen MR) is 70.6 cm³/mol. The molecule has 1 amide bonds. The number of rotatable bonds is 2. The summed E-state index contributed by atoms with van der Waals surface area (Å²) in [5, 5.41) is 0. The number of aldehydes is 1. The number of fused-ring (bicyclic) bond motifs is 2. The van der Waals surface area contributed by atoms with Crippen molar-refractivity contribution in [2.45, 2.75) is 9.79 Å². The van der Waals surface area contributed by atoms with E-state index in [1.54, 1.807) is 34.9 Å². The molecule has 0 saturated heterocycles. The highest BCUT2D eigenvalue weighted by atomic mass is 32.2. The molecule has 0 spiro atoms. The smallest absolute Gasteiger partial charge is 0.218 e. The second-order valence-electron chi connectivity index (χ2n) is 3.89. The summed E-state index contributed by atoms with van der Waals surface area (Å²) < 4.78 is 0. The van der Waals surface area contributed by atoms with Crippen molar-refractivity contribution in [2.75, 3.05) is 4.90 Å². The van der Waals surface area contributed by atoms with Crippen molar-refractivity contribution in [1.82, 2.24) is 0 Å². The van der Waals surface area contributed by atoms with Crippen molar-refractivity contribution >= 4 is 35.8 Å². The number of carbonyl (C=O) groups is 2. The number of benzene rings is 2. The Bertz CT molecular complexity index is 639. The molecule has 1 heterocycles. The second-order valence-corrected chi connectivity index (χ2v) is 4.97. The molecule has 3 nitrogen and oxygen atoms in total. The number of nitrogens with zero attached hydrogens (tertiary/aromatic N) is 1. The third-order valence-corrected chi connectivity index (χ3v) is 3.94. The van der Waals surface area contributed by atoms with Gasteiger partial charge in [0.05, 0.1) is 11.4 Å². The summed E-state index contributed by atoms with van der Waals surface area (Å²) in [5.41, 5.74) is 2.31. The van der Waals surface area contributed by atoms with Gasteiger partial charge < -0.3 is 0 Å². The minimum absolute atomic E-state index is 0.617. The topological polar surface area (TPSA) is 37.4 Å². The van der Waals surface area contributed by atoms with Crippen LogP contribution in [0.1, 0.15) is 10.4 Å². The first-order chi connectivity index (χ1) is 8.83. The van der Waals surface area contributed by atoms with Crippen molar-refractivity contribution in [3.63, 3.8) is 0 Å². The first-order valence-corrected chi connectivity index (χ1v) is 6.26. The predicted octanol–water partition coefficient (Wildman–Crippen LogP) is 3.26. The Morgan fingerprint density at radius 2 is 1.72 bits per heavy atom. The monoisotopic (exact) mass is 255 g/mol. The van der Waals surface area contributed by atoms with E-state index in [0.29, 0.717) is 5.56 Å². The Kier molecular flexibility index (Phi) is 2.64. The van der Waals surface area contributed by atoms with Gasteiger partial charge in [-0.05, 0) is 30.3 Å². The molecule has 1 aliphatic rings. The molecule has 4 heteroatoms. The first-order valence-electron chi connectivity index (χ1n) is 5.44. The van der Waals surface area contributed by atoms with Gasteiger partial charge in [0.2, 0.25) is 6.41 Å². The van der Waals surface area contributed by atoms with Crippen LogP contribution in [0.2, 0.25) is 0 Å². The molecular formula is C14H9NO2S. The van der Waals surface area contributed by atoms with E-state index in [1.807, 2.05) is 24.3 Å². The van der Waals surface area contributed by atoms with Crippen LogP contribution in [0.5, 0.6) is 0 Å². The van der Waals surface area contributed by atoms with E-state index in [9.17, 15) is 9.59 Å². The van der Waals surface area contributed by atoms with Crippen molar-refractivity contribution in [3.8, 4) is 0 Å². The number of hydrogen-bond acceptors (Lipinski definition) is 3. The van der Waals surface area contributed by atoms with Crippen LogP contribution in [-0.4, -0.2) is 12.7 Å². The fraction of sp³-hybridized carbons (Fsp3) is 0. The van der Waals surface area contributed by atoms with Crippen molar-refractivity contribution in [3.05, 3.63) is 48.0 Å². The SMILES string of the molecule is O=Cc1ccc2c(c1)Sc1ccccc1N2C=O. The number of carbonyl (C=O) groups excluding carboxylic acids is 2. The largest absolute Gasteiger partial charge is 0.298 e. The van der Waals surface area contributed by atoms with Crippen LogP contribution in [0, 0.1) is 0 Å². The molecule has 0 atom stereocenters. The van der Waals surface area contributed by atoms with E-state index >= 15 is 0 Å². The maximum absolute atomic E-state index is 11.3. The summed E-state index contributed by atoms with van der Waals surface area (Å²) in [5.74, 6) is 0. The van der Waals surface area contributed by atoms with Crippen LogP contribution in [0.25, 0.3) is 0 Å². The highest BCUT2D eigenvalue weighted by Crippen LogP contribution is 2.47. The molecule has 0 radical (unpaired) electrons. The van der Waals surface area contributed by atoms with E-state index in [2.05, 4.69) is 0 Å².